The Hall–Kier alpha value is -0.610. The summed E-state index contributed by atoms with van der Waals surface area (Å²) >= 11 is 0. The fourth-order valence-corrected chi connectivity index (χ4v) is 1.30. The fraction of sp³-hybridized carbons (Fsp3) is 0.889. The van der Waals surface area contributed by atoms with Gasteiger partial charge in [-0.25, -0.2) is 5.84 Å². The van der Waals surface area contributed by atoms with Crippen molar-refractivity contribution in [3.05, 3.63) is 0 Å². The van der Waals surface area contributed by atoms with Crippen molar-refractivity contribution in [2.45, 2.75) is 33.1 Å². The van der Waals surface area contributed by atoms with Gasteiger partial charge < -0.3 is 4.90 Å². The van der Waals surface area contributed by atoms with Gasteiger partial charge in [0.2, 0.25) is 5.91 Å². The van der Waals surface area contributed by atoms with Gasteiger partial charge in [0.25, 0.3) is 0 Å². The lowest BCUT2D eigenvalue weighted by Crippen LogP contribution is -2.34. The van der Waals surface area contributed by atoms with Crippen molar-refractivity contribution in [2.24, 2.45) is 5.84 Å². The van der Waals surface area contributed by atoms with Gasteiger partial charge >= 0.3 is 0 Å². The first kappa shape index (κ1) is 12.4. The number of hydrazine groups is 1. The Balaban J connectivity index is 3.61. The van der Waals surface area contributed by atoms with Crippen molar-refractivity contribution in [3.63, 3.8) is 0 Å². The summed E-state index contributed by atoms with van der Waals surface area (Å²) in [6.07, 6.45) is 2.75. The SMILES string of the molecule is CCCN(CCC)CCC(=O)NN. The molecule has 0 fully saturated rings. The highest BCUT2D eigenvalue weighted by molar-refractivity contribution is 5.75. The van der Waals surface area contributed by atoms with Gasteiger partial charge in [-0.2, -0.15) is 0 Å². The standard InChI is InChI=1S/C9H21N3O/c1-3-6-12(7-4-2)8-5-9(13)11-10/h3-8,10H2,1-2H3,(H,11,13). The Morgan fingerprint density at radius 2 is 1.77 bits per heavy atom. The van der Waals surface area contributed by atoms with E-state index in [1.54, 1.807) is 0 Å². The van der Waals surface area contributed by atoms with Crippen LogP contribution in [-0.2, 0) is 4.79 Å². The molecular weight excluding hydrogens is 166 g/mol. The highest BCUT2D eigenvalue weighted by atomic mass is 16.2. The molecule has 0 aromatic rings. The average Bonchev–Trinajstić information content (AvgIpc) is 2.14. The molecule has 0 saturated heterocycles. The summed E-state index contributed by atoms with van der Waals surface area (Å²) < 4.78 is 0. The highest BCUT2D eigenvalue weighted by Crippen LogP contribution is 1.95. The molecule has 0 aromatic heterocycles. The summed E-state index contributed by atoms with van der Waals surface area (Å²) in [7, 11) is 0. The summed E-state index contributed by atoms with van der Waals surface area (Å²) in [5.74, 6) is 4.90. The largest absolute Gasteiger partial charge is 0.303 e. The van der Waals surface area contributed by atoms with Crippen LogP contribution in [0.1, 0.15) is 33.1 Å². The quantitative estimate of drug-likeness (QED) is 0.346. The van der Waals surface area contributed by atoms with Crippen molar-refractivity contribution in [1.29, 1.82) is 0 Å². The zero-order chi connectivity index (χ0) is 10.1. The third-order valence-corrected chi connectivity index (χ3v) is 1.90. The van der Waals surface area contributed by atoms with Crippen LogP contribution in [0.15, 0.2) is 0 Å². The monoisotopic (exact) mass is 187 g/mol. The lowest BCUT2D eigenvalue weighted by atomic mass is 10.3. The van der Waals surface area contributed by atoms with E-state index in [9.17, 15) is 4.79 Å². The van der Waals surface area contributed by atoms with Crippen LogP contribution in [0.2, 0.25) is 0 Å². The Morgan fingerprint density at radius 3 is 2.15 bits per heavy atom. The summed E-state index contributed by atoms with van der Waals surface area (Å²) in [6.45, 7) is 7.22. The van der Waals surface area contributed by atoms with E-state index in [1.807, 2.05) is 0 Å². The van der Waals surface area contributed by atoms with Crippen LogP contribution in [0.25, 0.3) is 0 Å². The van der Waals surface area contributed by atoms with Crippen LogP contribution in [0, 0.1) is 0 Å². The molecule has 0 unspecified atom stereocenters. The van der Waals surface area contributed by atoms with Crippen molar-refractivity contribution in [2.75, 3.05) is 19.6 Å². The average molecular weight is 187 g/mol. The van der Waals surface area contributed by atoms with Crippen LogP contribution in [-0.4, -0.2) is 30.4 Å². The number of carbonyl (C=O) groups excluding carboxylic acids is 1. The number of nitrogens with two attached hydrogens (primary N) is 1. The van der Waals surface area contributed by atoms with Gasteiger partial charge in [0.1, 0.15) is 0 Å². The first-order chi connectivity index (χ1) is 6.24. The molecule has 4 nitrogen and oxygen atoms in total. The van der Waals surface area contributed by atoms with Gasteiger partial charge in [-0.1, -0.05) is 13.8 Å². The second-order valence-corrected chi connectivity index (χ2v) is 3.16. The normalized spacial score (nSPS) is 10.5. The lowest BCUT2D eigenvalue weighted by molar-refractivity contribution is -0.121. The number of amides is 1. The molecule has 0 rings (SSSR count). The van der Waals surface area contributed by atoms with Crippen molar-refractivity contribution in [1.82, 2.24) is 10.3 Å². The van der Waals surface area contributed by atoms with E-state index in [2.05, 4.69) is 24.2 Å². The Bertz CT molecular complexity index is 133. The Morgan fingerprint density at radius 1 is 1.23 bits per heavy atom. The summed E-state index contributed by atoms with van der Waals surface area (Å²) in [6, 6.07) is 0. The van der Waals surface area contributed by atoms with Crippen molar-refractivity contribution < 1.29 is 4.79 Å². The zero-order valence-corrected chi connectivity index (χ0v) is 8.68. The number of rotatable bonds is 7. The predicted molar refractivity (Wildman–Crippen MR) is 54.0 cm³/mol. The zero-order valence-electron chi connectivity index (χ0n) is 8.68. The Labute approximate surface area is 80.4 Å². The van der Waals surface area contributed by atoms with Crippen LogP contribution in [0.5, 0.6) is 0 Å². The molecule has 4 heteroatoms. The van der Waals surface area contributed by atoms with E-state index in [-0.39, 0.29) is 5.91 Å². The molecule has 0 atom stereocenters. The maximum absolute atomic E-state index is 10.9. The summed E-state index contributed by atoms with van der Waals surface area (Å²) in [5, 5.41) is 0. The molecular formula is C9H21N3O. The van der Waals surface area contributed by atoms with Crippen molar-refractivity contribution in [3.8, 4) is 0 Å². The van der Waals surface area contributed by atoms with Gasteiger partial charge in [-0.3, -0.25) is 10.2 Å². The minimum Gasteiger partial charge on any atom is -0.303 e. The van der Waals surface area contributed by atoms with Gasteiger partial charge in [0, 0.05) is 13.0 Å². The molecule has 3 N–H and O–H groups in total. The van der Waals surface area contributed by atoms with Crippen molar-refractivity contribution >= 4 is 5.91 Å². The lowest BCUT2D eigenvalue weighted by Gasteiger charge is -2.19. The number of hydrogen-bond acceptors (Lipinski definition) is 3. The van der Waals surface area contributed by atoms with E-state index < -0.39 is 0 Å². The molecule has 0 aliphatic carbocycles. The van der Waals surface area contributed by atoms with Crippen LogP contribution in [0.3, 0.4) is 0 Å². The van der Waals surface area contributed by atoms with Gasteiger partial charge in [-0.15, -0.1) is 0 Å². The minimum atomic E-state index is -0.0859. The first-order valence-electron chi connectivity index (χ1n) is 4.96. The predicted octanol–water partition coefficient (Wildman–Crippen LogP) is 0.488. The molecule has 0 saturated carbocycles. The molecule has 0 aliphatic rings. The molecule has 1 amide bonds. The van der Waals surface area contributed by atoms with E-state index in [0.29, 0.717) is 6.42 Å². The van der Waals surface area contributed by atoms with Crippen LogP contribution in [0.4, 0.5) is 0 Å². The maximum Gasteiger partial charge on any atom is 0.235 e. The molecule has 0 radical (unpaired) electrons. The highest BCUT2D eigenvalue weighted by Gasteiger charge is 2.04. The molecule has 13 heavy (non-hydrogen) atoms. The second-order valence-electron chi connectivity index (χ2n) is 3.16. The second kappa shape index (κ2) is 8.01. The Kier molecular flexibility index (Phi) is 7.63. The number of nitrogens with one attached hydrogen (secondary N) is 1. The van der Waals surface area contributed by atoms with Gasteiger partial charge in [-0.05, 0) is 25.9 Å². The molecule has 0 aromatic carbocycles. The van der Waals surface area contributed by atoms with E-state index in [1.165, 1.54) is 0 Å². The molecule has 78 valence electrons. The molecule has 0 bridgehead atoms. The molecule has 0 spiro atoms. The topological polar surface area (TPSA) is 58.4 Å². The third-order valence-electron chi connectivity index (χ3n) is 1.90. The number of carbonyl (C=O) groups is 1. The molecule has 0 heterocycles. The van der Waals surface area contributed by atoms with Crippen LogP contribution < -0.4 is 11.3 Å². The summed E-state index contributed by atoms with van der Waals surface area (Å²) in [4.78, 5) is 13.1. The van der Waals surface area contributed by atoms with Gasteiger partial charge in [0.05, 0.1) is 0 Å². The smallest absolute Gasteiger partial charge is 0.235 e. The first-order valence-corrected chi connectivity index (χ1v) is 4.96. The van der Waals surface area contributed by atoms with Crippen LogP contribution >= 0.6 is 0 Å². The van der Waals surface area contributed by atoms with Gasteiger partial charge in [0.15, 0.2) is 0 Å². The summed E-state index contributed by atoms with van der Waals surface area (Å²) in [5.41, 5.74) is 2.14. The minimum absolute atomic E-state index is 0.0859. The maximum atomic E-state index is 10.9. The van der Waals surface area contributed by atoms with E-state index in [4.69, 9.17) is 5.84 Å². The third kappa shape index (κ3) is 6.54. The number of hydrogen-bond donors (Lipinski definition) is 2. The molecule has 0 aliphatic heterocycles. The fourth-order valence-electron chi connectivity index (χ4n) is 1.30. The number of nitrogens with zero attached hydrogens (tertiary/aromatic N) is 1. The van der Waals surface area contributed by atoms with E-state index in [0.717, 1.165) is 32.5 Å². The van der Waals surface area contributed by atoms with E-state index >= 15 is 0 Å².